The summed E-state index contributed by atoms with van der Waals surface area (Å²) in [4.78, 5) is 12.1. The molecular weight excluding hydrogens is 380 g/mol. The van der Waals surface area contributed by atoms with Crippen LogP contribution in [0.25, 0.3) is 10.2 Å². The SMILES string of the molecule is CCn1c(=O)sc2cc(S(=O)(=O)N[C@@H](CC(C)C)c3ccccc3)ccc21. The second kappa shape index (κ2) is 7.96. The van der Waals surface area contributed by atoms with Gasteiger partial charge in [0, 0.05) is 12.6 Å². The number of nitrogens with one attached hydrogen (secondary N) is 1. The molecule has 7 heteroatoms. The Morgan fingerprint density at radius 1 is 1.11 bits per heavy atom. The monoisotopic (exact) mass is 404 g/mol. The third-order valence-corrected chi connectivity index (χ3v) is 6.88. The van der Waals surface area contributed by atoms with Gasteiger partial charge in [-0.15, -0.1) is 0 Å². The van der Waals surface area contributed by atoms with Crippen LogP contribution in [-0.4, -0.2) is 13.0 Å². The van der Waals surface area contributed by atoms with Crippen molar-refractivity contribution in [2.24, 2.45) is 5.92 Å². The molecule has 5 nitrogen and oxygen atoms in total. The lowest BCUT2D eigenvalue weighted by molar-refractivity contribution is 0.472. The first-order valence-electron chi connectivity index (χ1n) is 9.02. The number of nitrogens with zero attached hydrogens (tertiary/aromatic N) is 1. The Labute approximate surface area is 163 Å². The number of rotatable bonds is 7. The number of benzene rings is 2. The van der Waals surface area contributed by atoms with Gasteiger partial charge in [-0.05, 0) is 43.0 Å². The van der Waals surface area contributed by atoms with Crippen LogP contribution >= 0.6 is 11.3 Å². The van der Waals surface area contributed by atoms with Crippen molar-refractivity contribution in [3.8, 4) is 0 Å². The van der Waals surface area contributed by atoms with Crippen LogP contribution < -0.4 is 9.60 Å². The zero-order valence-electron chi connectivity index (χ0n) is 15.7. The number of aryl methyl sites for hydroxylation is 1. The summed E-state index contributed by atoms with van der Waals surface area (Å²) >= 11 is 1.07. The fourth-order valence-corrected chi connectivity index (χ4v) is 5.51. The maximum absolute atomic E-state index is 13.0. The fraction of sp³-hybridized carbons (Fsp3) is 0.350. The Balaban J connectivity index is 1.97. The number of hydrogen-bond acceptors (Lipinski definition) is 4. The van der Waals surface area contributed by atoms with Crippen LogP contribution in [0.5, 0.6) is 0 Å². The van der Waals surface area contributed by atoms with Crippen LogP contribution in [0.3, 0.4) is 0 Å². The summed E-state index contributed by atoms with van der Waals surface area (Å²) in [6.45, 7) is 6.60. The van der Waals surface area contributed by atoms with E-state index < -0.39 is 10.0 Å². The van der Waals surface area contributed by atoms with Crippen LogP contribution in [0.15, 0.2) is 58.2 Å². The molecule has 0 unspecified atom stereocenters. The molecule has 3 rings (SSSR count). The van der Waals surface area contributed by atoms with E-state index in [1.54, 1.807) is 22.8 Å². The Morgan fingerprint density at radius 3 is 2.44 bits per heavy atom. The molecule has 2 aromatic carbocycles. The molecule has 0 bridgehead atoms. The van der Waals surface area contributed by atoms with Gasteiger partial charge in [-0.2, -0.15) is 0 Å². The third-order valence-electron chi connectivity index (χ3n) is 4.47. The number of aromatic nitrogens is 1. The van der Waals surface area contributed by atoms with Crippen molar-refractivity contribution in [1.82, 2.24) is 9.29 Å². The highest BCUT2D eigenvalue weighted by atomic mass is 32.2. The Bertz CT molecular complexity index is 1080. The van der Waals surface area contributed by atoms with Gasteiger partial charge >= 0.3 is 4.87 Å². The minimum atomic E-state index is -3.71. The minimum absolute atomic E-state index is 0.0722. The van der Waals surface area contributed by atoms with Gasteiger partial charge in [-0.25, -0.2) is 13.1 Å². The lowest BCUT2D eigenvalue weighted by atomic mass is 9.98. The Hall–Kier alpha value is -1.96. The first kappa shape index (κ1) is 19.8. The van der Waals surface area contributed by atoms with E-state index in [4.69, 9.17) is 0 Å². The van der Waals surface area contributed by atoms with Gasteiger partial charge in [0.05, 0.1) is 15.1 Å². The summed E-state index contributed by atoms with van der Waals surface area (Å²) in [5.74, 6) is 0.337. The van der Waals surface area contributed by atoms with Crippen LogP contribution in [0, 0.1) is 5.92 Å². The number of thiazole rings is 1. The lowest BCUT2D eigenvalue weighted by Crippen LogP contribution is -2.29. The summed E-state index contributed by atoms with van der Waals surface area (Å²) in [5, 5.41) is 0. The number of fused-ring (bicyclic) bond motifs is 1. The van der Waals surface area contributed by atoms with Crippen molar-refractivity contribution in [2.75, 3.05) is 0 Å². The second-order valence-electron chi connectivity index (χ2n) is 6.96. The van der Waals surface area contributed by atoms with E-state index in [-0.39, 0.29) is 15.8 Å². The van der Waals surface area contributed by atoms with Crippen molar-refractivity contribution < 1.29 is 8.42 Å². The van der Waals surface area contributed by atoms with Crippen molar-refractivity contribution in [1.29, 1.82) is 0 Å². The molecule has 1 atom stereocenters. The molecule has 0 spiro atoms. The molecule has 0 fully saturated rings. The van der Waals surface area contributed by atoms with Crippen LogP contribution in [0.4, 0.5) is 0 Å². The average molecular weight is 405 g/mol. The van der Waals surface area contributed by atoms with Gasteiger partial charge in [0.25, 0.3) is 0 Å². The molecule has 1 N–H and O–H groups in total. The molecule has 0 aliphatic carbocycles. The molecule has 0 aliphatic rings. The standard InChI is InChI=1S/C20H24N2O3S2/c1-4-22-18-11-10-16(13-19(18)26-20(22)23)27(24,25)21-17(12-14(2)3)15-8-6-5-7-9-15/h5-11,13-14,17,21H,4,12H2,1-3H3/t17-/m0/s1. The Morgan fingerprint density at radius 2 is 1.81 bits per heavy atom. The van der Waals surface area contributed by atoms with Gasteiger partial charge in [0.15, 0.2) is 0 Å². The summed E-state index contributed by atoms with van der Waals surface area (Å²) in [5.41, 5.74) is 1.71. The highest BCUT2D eigenvalue weighted by Gasteiger charge is 2.23. The molecule has 1 aromatic heterocycles. The molecule has 0 aliphatic heterocycles. The van der Waals surface area contributed by atoms with Crippen molar-refractivity contribution in [2.45, 2.75) is 44.7 Å². The first-order chi connectivity index (χ1) is 12.8. The predicted molar refractivity (Wildman–Crippen MR) is 111 cm³/mol. The van der Waals surface area contributed by atoms with Crippen LogP contribution in [-0.2, 0) is 16.6 Å². The van der Waals surface area contributed by atoms with E-state index in [0.717, 1.165) is 22.4 Å². The summed E-state index contributed by atoms with van der Waals surface area (Å²) in [6, 6.07) is 14.2. The highest BCUT2D eigenvalue weighted by molar-refractivity contribution is 7.89. The van der Waals surface area contributed by atoms with Gasteiger partial charge < -0.3 is 0 Å². The van der Waals surface area contributed by atoms with Crippen LogP contribution in [0.2, 0.25) is 0 Å². The van der Waals surface area contributed by atoms with E-state index in [0.29, 0.717) is 23.6 Å². The van der Waals surface area contributed by atoms with Gasteiger partial charge in [0.1, 0.15) is 0 Å². The molecule has 1 heterocycles. The normalized spacial score (nSPS) is 13.3. The maximum Gasteiger partial charge on any atom is 0.308 e. The molecule has 0 saturated heterocycles. The quantitative estimate of drug-likeness (QED) is 0.643. The largest absolute Gasteiger partial charge is 0.308 e. The third kappa shape index (κ3) is 4.31. The first-order valence-corrected chi connectivity index (χ1v) is 11.3. The van der Waals surface area contributed by atoms with E-state index in [2.05, 4.69) is 18.6 Å². The summed E-state index contributed by atoms with van der Waals surface area (Å²) in [6.07, 6.45) is 0.699. The highest BCUT2D eigenvalue weighted by Crippen LogP contribution is 2.26. The molecule has 0 saturated carbocycles. The maximum atomic E-state index is 13.0. The molecule has 3 aromatic rings. The fourth-order valence-electron chi connectivity index (χ4n) is 3.18. The van der Waals surface area contributed by atoms with Crippen molar-refractivity contribution in [3.05, 3.63) is 63.8 Å². The van der Waals surface area contributed by atoms with Gasteiger partial charge in [-0.3, -0.25) is 9.36 Å². The topological polar surface area (TPSA) is 68.2 Å². The summed E-state index contributed by atoms with van der Waals surface area (Å²) in [7, 11) is -3.71. The van der Waals surface area contributed by atoms with E-state index in [1.807, 2.05) is 37.3 Å². The van der Waals surface area contributed by atoms with E-state index >= 15 is 0 Å². The van der Waals surface area contributed by atoms with E-state index in [9.17, 15) is 13.2 Å². The van der Waals surface area contributed by atoms with Crippen LogP contribution in [0.1, 0.15) is 38.8 Å². The van der Waals surface area contributed by atoms with Gasteiger partial charge in [0.2, 0.25) is 10.0 Å². The lowest BCUT2D eigenvalue weighted by Gasteiger charge is -2.21. The second-order valence-corrected chi connectivity index (χ2v) is 9.66. The van der Waals surface area contributed by atoms with Gasteiger partial charge in [-0.1, -0.05) is 55.5 Å². The zero-order chi connectivity index (χ0) is 19.6. The zero-order valence-corrected chi connectivity index (χ0v) is 17.3. The number of hydrogen-bond donors (Lipinski definition) is 1. The number of sulfonamides is 1. The molecule has 27 heavy (non-hydrogen) atoms. The van der Waals surface area contributed by atoms with Crippen molar-refractivity contribution in [3.63, 3.8) is 0 Å². The Kier molecular flexibility index (Phi) is 5.83. The minimum Gasteiger partial charge on any atom is -0.299 e. The molecule has 0 amide bonds. The average Bonchev–Trinajstić information content (AvgIpc) is 2.95. The summed E-state index contributed by atoms with van der Waals surface area (Å²) < 4.78 is 31.2. The van der Waals surface area contributed by atoms with E-state index in [1.165, 1.54) is 0 Å². The smallest absolute Gasteiger partial charge is 0.299 e. The molecular formula is C20H24N2O3S2. The molecule has 0 radical (unpaired) electrons. The predicted octanol–water partition coefficient (Wildman–Crippen LogP) is 4.15. The molecule has 144 valence electrons. The van der Waals surface area contributed by atoms with Crippen molar-refractivity contribution >= 4 is 31.6 Å².